The fraction of sp³-hybridized carbons (Fsp3) is 0.795. The maximum Gasteiger partial charge on any atom is 0.306 e. The van der Waals surface area contributed by atoms with Crippen LogP contribution in [0.4, 0.5) is 0 Å². The van der Waals surface area contributed by atoms with Gasteiger partial charge in [0, 0.05) is 19.3 Å². The van der Waals surface area contributed by atoms with Crippen molar-refractivity contribution in [3.8, 4) is 0 Å². The third-order valence-corrected chi connectivity index (χ3v) is 15.2. The topological polar surface area (TPSA) is 78.9 Å². The first kappa shape index (κ1) is 75.8. The summed E-state index contributed by atoms with van der Waals surface area (Å²) in [7, 11) is 0. The minimum Gasteiger partial charge on any atom is -0.462 e. The van der Waals surface area contributed by atoms with Gasteiger partial charge in [-0.2, -0.15) is 0 Å². The predicted molar refractivity (Wildman–Crippen MR) is 344 cm³/mol. The second kappa shape index (κ2) is 67.4. The first-order valence-corrected chi connectivity index (χ1v) is 34.4. The third kappa shape index (κ3) is 65.5. The highest BCUT2D eigenvalue weighted by atomic mass is 16.6. The lowest BCUT2D eigenvalue weighted by Crippen LogP contribution is -2.30. The van der Waals surface area contributed by atoms with E-state index in [1.807, 2.05) is 6.08 Å². The van der Waals surface area contributed by atoms with Crippen LogP contribution in [-0.4, -0.2) is 37.2 Å². The number of carbonyl (C=O) groups is 3. The number of rotatable bonds is 63. The van der Waals surface area contributed by atoms with Gasteiger partial charge in [-0.3, -0.25) is 14.4 Å². The van der Waals surface area contributed by atoms with Crippen molar-refractivity contribution in [1.29, 1.82) is 0 Å². The molecule has 0 radical (unpaired) electrons. The molecular formula is C73H130O6. The van der Waals surface area contributed by atoms with Crippen molar-refractivity contribution in [2.45, 2.75) is 361 Å². The molecule has 458 valence electrons. The normalized spacial score (nSPS) is 12.5. The molecule has 0 aromatic carbocycles. The molecule has 1 unspecified atom stereocenters. The van der Waals surface area contributed by atoms with Crippen LogP contribution >= 0.6 is 0 Å². The Morgan fingerprint density at radius 2 is 0.519 bits per heavy atom. The predicted octanol–water partition coefficient (Wildman–Crippen LogP) is 23.7. The fourth-order valence-electron chi connectivity index (χ4n) is 10.1. The third-order valence-electron chi connectivity index (χ3n) is 15.2. The number of hydrogen-bond acceptors (Lipinski definition) is 6. The highest BCUT2D eigenvalue weighted by Crippen LogP contribution is 2.18. The van der Waals surface area contributed by atoms with Gasteiger partial charge in [-0.25, -0.2) is 0 Å². The van der Waals surface area contributed by atoms with Gasteiger partial charge < -0.3 is 14.2 Å². The maximum atomic E-state index is 12.9. The summed E-state index contributed by atoms with van der Waals surface area (Å²) < 4.78 is 16.9. The highest BCUT2D eigenvalue weighted by molar-refractivity contribution is 5.71. The monoisotopic (exact) mass is 1100 g/mol. The molecule has 79 heavy (non-hydrogen) atoms. The van der Waals surface area contributed by atoms with Crippen molar-refractivity contribution < 1.29 is 28.6 Å². The van der Waals surface area contributed by atoms with E-state index in [1.165, 1.54) is 238 Å². The molecule has 0 spiro atoms. The van der Waals surface area contributed by atoms with Gasteiger partial charge in [0.1, 0.15) is 13.2 Å². The van der Waals surface area contributed by atoms with Gasteiger partial charge in [0.05, 0.1) is 0 Å². The van der Waals surface area contributed by atoms with E-state index in [4.69, 9.17) is 14.2 Å². The smallest absolute Gasteiger partial charge is 0.306 e. The molecule has 0 saturated carbocycles. The van der Waals surface area contributed by atoms with Crippen LogP contribution in [0.1, 0.15) is 355 Å². The Hall–Kier alpha value is -3.15. The van der Waals surface area contributed by atoms with Crippen molar-refractivity contribution in [1.82, 2.24) is 0 Å². The lowest BCUT2D eigenvalue weighted by atomic mass is 10.0. The summed E-state index contributed by atoms with van der Waals surface area (Å²) in [5, 5.41) is 0. The van der Waals surface area contributed by atoms with E-state index in [2.05, 4.69) is 87.6 Å². The van der Waals surface area contributed by atoms with E-state index in [9.17, 15) is 14.4 Å². The first-order valence-electron chi connectivity index (χ1n) is 34.4. The Labute approximate surface area is 491 Å². The zero-order chi connectivity index (χ0) is 57.1. The summed E-state index contributed by atoms with van der Waals surface area (Å²) >= 11 is 0. The van der Waals surface area contributed by atoms with Crippen molar-refractivity contribution in [3.05, 3.63) is 72.9 Å². The number of esters is 3. The number of allylic oxidation sites excluding steroid dienone is 12. The molecule has 6 heteroatoms. The molecule has 1 atom stereocenters. The summed E-state index contributed by atoms with van der Waals surface area (Å²) in [6.45, 7) is 6.50. The minimum absolute atomic E-state index is 0.0948. The van der Waals surface area contributed by atoms with Crippen LogP contribution < -0.4 is 0 Å². The van der Waals surface area contributed by atoms with Gasteiger partial charge in [-0.1, -0.05) is 331 Å². The van der Waals surface area contributed by atoms with Gasteiger partial charge in [-0.05, 0) is 77.0 Å². The quantitative estimate of drug-likeness (QED) is 0.0261. The molecule has 0 aromatic heterocycles. The van der Waals surface area contributed by atoms with Gasteiger partial charge in [0.15, 0.2) is 6.10 Å². The first-order chi connectivity index (χ1) is 39.0. The van der Waals surface area contributed by atoms with E-state index in [-0.39, 0.29) is 37.5 Å². The van der Waals surface area contributed by atoms with E-state index < -0.39 is 6.10 Å². The Morgan fingerprint density at radius 3 is 0.848 bits per heavy atom. The van der Waals surface area contributed by atoms with Crippen molar-refractivity contribution in [2.75, 3.05) is 13.2 Å². The van der Waals surface area contributed by atoms with Crippen molar-refractivity contribution in [3.63, 3.8) is 0 Å². The number of ether oxygens (including phenoxy) is 3. The summed E-state index contributed by atoms with van der Waals surface area (Å²) in [6, 6.07) is 0. The zero-order valence-electron chi connectivity index (χ0n) is 52.6. The molecule has 0 amide bonds. The molecule has 0 bridgehead atoms. The van der Waals surface area contributed by atoms with Crippen LogP contribution in [0.15, 0.2) is 72.9 Å². The van der Waals surface area contributed by atoms with Gasteiger partial charge in [-0.15, -0.1) is 0 Å². The second-order valence-corrected chi connectivity index (χ2v) is 23.1. The highest BCUT2D eigenvalue weighted by Gasteiger charge is 2.19. The largest absolute Gasteiger partial charge is 0.462 e. The second-order valence-electron chi connectivity index (χ2n) is 23.1. The van der Waals surface area contributed by atoms with Crippen LogP contribution in [0.25, 0.3) is 0 Å². The Balaban J connectivity index is 4.29. The number of hydrogen-bond donors (Lipinski definition) is 0. The summed E-state index contributed by atoms with van der Waals surface area (Å²) in [5.41, 5.74) is 0. The Bertz CT molecular complexity index is 1450. The fourth-order valence-corrected chi connectivity index (χ4v) is 10.1. The van der Waals surface area contributed by atoms with Crippen LogP contribution in [0.5, 0.6) is 0 Å². The van der Waals surface area contributed by atoms with E-state index in [1.54, 1.807) is 0 Å². The van der Waals surface area contributed by atoms with Crippen LogP contribution in [-0.2, 0) is 28.6 Å². The molecule has 0 aliphatic carbocycles. The molecule has 0 aliphatic heterocycles. The molecule has 0 saturated heterocycles. The lowest BCUT2D eigenvalue weighted by Gasteiger charge is -2.18. The van der Waals surface area contributed by atoms with Gasteiger partial charge >= 0.3 is 17.9 Å². The van der Waals surface area contributed by atoms with Crippen molar-refractivity contribution >= 4 is 17.9 Å². The molecule has 6 nitrogen and oxygen atoms in total. The van der Waals surface area contributed by atoms with Crippen molar-refractivity contribution in [2.24, 2.45) is 0 Å². The minimum atomic E-state index is -0.805. The van der Waals surface area contributed by atoms with Gasteiger partial charge in [0.25, 0.3) is 0 Å². The average Bonchev–Trinajstić information content (AvgIpc) is 3.45. The summed E-state index contributed by atoms with van der Waals surface area (Å²) in [4.78, 5) is 38.3. The van der Waals surface area contributed by atoms with E-state index in [0.717, 1.165) is 70.6 Å². The van der Waals surface area contributed by atoms with Gasteiger partial charge in [0.2, 0.25) is 0 Å². The molecule has 0 heterocycles. The summed E-state index contributed by atoms with van der Waals surface area (Å²) in [5.74, 6) is -0.963. The number of unbranched alkanes of at least 4 members (excludes halogenated alkanes) is 40. The van der Waals surface area contributed by atoms with Crippen LogP contribution in [0.2, 0.25) is 0 Å². The molecular weight excluding hydrogens is 973 g/mol. The van der Waals surface area contributed by atoms with Crippen LogP contribution in [0.3, 0.4) is 0 Å². The zero-order valence-corrected chi connectivity index (χ0v) is 52.6. The summed E-state index contributed by atoms with van der Waals surface area (Å²) in [6.07, 6.45) is 88.1. The lowest BCUT2D eigenvalue weighted by molar-refractivity contribution is -0.166. The molecule has 0 fully saturated rings. The SMILES string of the molecule is CC/C=C\C/C=C\C/C=C\C/C=C\CCC(=O)OCC(COC(=O)CCCCCCCCCCCCCCCCCCCCCCCCCCC)OC(=O)CCCCCCCCCCCCC/C=C\C/C=C\CCCCCCC. The van der Waals surface area contributed by atoms with Crippen LogP contribution in [0, 0.1) is 0 Å². The molecule has 0 rings (SSSR count). The van der Waals surface area contributed by atoms with E-state index >= 15 is 0 Å². The number of carbonyl (C=O) groups excluding carboxylic acids is 3. The molecule has 0 aromatic rings. The Kier molecular flexibility index (Phi) is 64.7. The maximum absolute atomic E-state index is 12.9. The van der Waals surface area contributed by atoms with E-state index in [0.29, 0.717) is 19.3 Å². The average molecular weight is 1100 g/mol. The Morgan fingerprint density at radius 1 is 0.266 bits per heavy atom. The standard InChI is InChI=1S/C73H130O6/c1-4-7-10-13-16-19-22-25-27-29-31-33-35-36-38-39-41-43-45-48-51-54-57-60-63-66-72(75)78-69-70(68-77-71(74)65-62-59-56-53-50-47-24-21-18-15-12-9-6-3)79-73(76)67-64-61-58-55-52-49-46-44-42-40-37-34-32-30-28-26-23-20-17-14-11-8-5-2/h9,12,18,21,23,26,30,32,47,50,56,59,70H,4-8,10-11,13-17,19-20,22,24-25,27-29,31,33-46,48-49,51-55,57-58,60-69H2,1-3H3/b12-9-,21-18-,26-23-,32-30-,50-47-,59-56-. The molecule has 0 N–H and O–H groups in total. The molecule has 0 aliphatic rings.